The van der Waals surface area contributed by atoms with Gasteiger partial charge in [0.15, 0.2) is 0 Å². The van der Waals surface area contributed by atoms with E-state index in [2.05, 4.69) is 15.1 Å². The number of hydrogen-bond donors (Lipinski definition) is 0. The highest BCUT2D eigenvalue weighted by atomic mass is 19.1. The van der Waals surface area contributed by atoms with Crippen LogP contribution in [0.2, 0.25) is 0 Å². The van der Waals surface area contributed by atoms with Crippen LogP contribution >= 0.6 is 0 Å². The summed E-state index contributed by atoms with van der Waals surface area (Å²) in [5.74, 6) is 0.491. The molecule has 3 aromatic rings. The third-order valence-electron chi connectivity index (χ3n) is 4.65. The molecule has 1 amide bonds. The highest BCUT2D eigenvalue weighted by Crippen LogP contribution is 2.33. The highest BCUT2D eigenvalue weighted by molar-refractivity contribution is 5.94. The maximum absolute atomic E-state index is 13.4. The zero-order valence-corrected chi connectivity index (χ0v) is 14.2. The Bertz CT molecular complexity index is 928. The summed E-state index contributed by atoms with van der Waals surface area (Å²) < 4.78 is 18.8. The summed E-state index contributed by atoms with van der Waals surface area (Å²) in [5.41, 5.74) is 1.13. The predicted molar refractivity (Wildman–Crippen MR) is 91.7 cm³/mol. The van der Waals surface area contributed by atoms with Crippen molar-refractivity contribution in [1.29, 1.82) is 0 Å². The van der Waals surface area contributed by atoms with E-state index < -0.39 is 5.82 Å². The van der Waals surface area contributed by atoms with Crippen molar-refractivity contribution in [1.82, 2.24) is 20.0 Å². The van der Waals surface area contributed by atoms with Gasteiger partial charge in [0.05, 0.1) is 5.92 Å². The van der Waals surface area contributed by atoms with E-state index in [-0.39, 0.29) is 17.7 Å². The number of nitrogens with zero attached hydrogens (tertiary/aromatic N) is 4. The molecular formula is C19H17FN4O2. The highest BCUT2D eigenvalue weighted by Gasteiger charge is 2.37. The molecule has 6 nitrogen and oxygen atoms in total. The fraction of sp³-hybridized carbons (Fsp3) is 0.263. The van der Waals surface area contributed by atoms with Crippen molar-refractivity contribution in [2.24, 2.45) is 5.92 Å². The van der Waals surface area contributed by atoms with Crippen LogP contribution in [0.3, 0.4) is 0 Å². The van der Waals surface area contributed by atoms with E-state index in [1.54, 1.807) is 23.4 Å². The van der Waals surface area contributed by atoms with E-state index in [1.165, 1.54) is 18.2 Å². The third-order valence-corrected chi connectivity index (χ3v) is 4.65. The van der Waals surface area contributed by atoms with Crippen LogP contribution in [0.4, 0.5) is 4.39 Å². The van der Waals surface area contributed by atoms with Crippen LogP contribution < -0.4 is 0 Å². The van der Waals surface area contributed by atoms with Gasteiger partial charge in [-0.2, -0.15) is 4.98 Å². The molecule has 0 aliphatic carbocycles. The molecule has 2 unspecified atom stereocenters. The van der Waals surface area contributed by atoms with Gasteiger partial charge in [0, 0.05) is 36.6 Å². The van der Waals surface area contributed by atoms with Gasteiger partial charge in [0.25, 0.3) is 5.91 Å². The van der Waals surface area contributed by atoms with Gasteiger partial charge in [-0.05, 0) is 36.2 Å². The minimum Gasteiger partial charge on any atom is -0.339 e. The Morgan fingerprint density at radius 3 is 2.92 bits per heavy atom. The normalized spacial score (nSPS) is 19.7. The number of benzene rings is 1. The largest absolute Gasteiger partial charge is 0.339 e. The first-order valence-corrected chi connectivity index (χ1v) is 8.40. The molecule has 1 aliphatic heterocycles. The molecule has 1 saturated heterocycles. The lowest BCUT2D eigenvalue weighted by Gasteiger charge is -2.15. The minimum atomic E-state index is -0.419. The van der Waals surface area contributed by atoms with Crippen molar-refractivity contribution >= 4 is 5.91 Å². The van der Waals surface area contributed by atoms with Gasteiger partial charge in [-0.25, -0.2) is 4.39 Å². The van der Waals surface area contributed by atoms with Gasteiger partial charge in [-0.1, -0.05) is 18.1 Å². The Hall–Kier alpha value is -3.09. The molecule has 26 heavy (non-hydrogen) atoms. The Kier molecular flexibility index (Phi) is 4.20. The average molecular weight is 352 g/mol. The van der Waals surface area contributed by atoms with Crippen molar-refractivity contribution in [3.05, 3.63) is 66.1 Å². The Morgan fingerprint density at radius 1 is 1.27 bits per heavy atom. The Labute approximate surface area is 149 Å². The number of pyridine rings is 1. The molecule has 2 aromatic heterocycles. The summed E-state index contributed by atoms with van der Waals surface area (Å²) in [6.45, 7) is 3.06. The van der Waals surface area contributed by atoms with Gasteiger partial charge >= 0.3 is 0 Å². The van der Waals surface area contributed by atoms with E-state index in [4.69, 9.17) is 4.52 Å². The van der Waals surface area contributed by atoms with Gasteiger partial charge < -0.3 is 9.42 Å². The summed E-state index contributed by atoms with van der Waals surface area (Å²) in [5, 5.41) is 4.03. The van der Waals surface area contributed by atoms with E-state index in [9.17, 15) is 9.18 Å². The summed E-state index contributed by atoms with van der Waals surface area (Å²) in [7, 11) is 0. The van der Waals surface area contributed by atoms with Crippen molar-refractivity contribution in [3.63, 3.8) is 0 Å². The molecule has 1 aromatic carbocycles. The van der Waals surface area contributed by atoms with Gasteiger partial charge in [-0.3, -0.25) is 9.78 Å². The first-order valence-electron chi connectivity index (χ1n) is 8.40. The lowest BCUT2D eigenvalue weighted by atomic mass is 9.98. The number of rotatable bonds is 3. The predicted octanol–water partition coefficient (Wildman–Crippen LogP) is 3.15. The number of amides is 1. The van der Waals surface area contributed by atoms with Gasteiger partial charge in [-0.15, -0.1) is 0 Å². The second kappa shape index (κ2) is 6.67. The molecule has 7 heteroatoms. The first kappa shape index (κ1) is 16.4. The van der Waals surface area contributed by atoms with Crippen LogP contribution in [0.25, 0.3) is 11.4 Å². The zero-order valence-electron chi connectivity index (χ0n) is 14.2. The summed E-state index contributed by atoms with van der Waals surface area (Å²) in [4.78, 5) is 22.9. The summed E-state index contributed by atoms with van der Waals surface area (Å²) in [6, 6.07) is 9.41. The Balaban J connectivity index is 1.52. The number of carbonyl (C=O) groups is 1. The number of likely N-dealkylation sites (tertiary alicyclic amines) is 1. The molecule has 0 radical (unpaired) electrons. The molecule has 2 atom stereocenters. The zero-order chi connectivity index (χ0) is 18.1. The Morgan fingerprint density at radius 2 is 2.15 bits per heavy atom. The van der Waals surface area contributed by atoms with Crippen LogP contribution in [0.15, 0.2) is 53.3 Å². The quantitative estimate of drug-likeness (QED) is 0.724. The van der Waals surface area contributed by atoms with Crippen LogP contribution in [0, 0.1) is 11.7 Å². The summed E-state index contributed by atoms with van der Waals surface area (Å²) in [6.07, 6.45) is 3.35. The van der Waals surface area contributed by atoms with Crippen LogP contribution in [0.5, 0.6) is 0 Å². The molecule has 4 rings (SSSR count). The maximum Gasteiger partial charge on any atom is 0.253 e. The SMILES string of the molecule is CC1CN(C(=O)c2cccc(F)c2)CC1c1nc(-c2cccnc2)no1. The monoisotopic (exact) mass is 352 g/mol. The maximum atomic E-state index is 13.4. The van der Waals surface area contributed by atoms with Crippen LogP contribution in [-0.2, 0) is 0 Å². The smallest absolute Gasteiger partial charge is 0.253 e. The lowest BCUT2D eigenvalue weighted by Crippen LogP contribution is -2.28. The van der Waals surface area contributed by atoms with Crippen molar-refractivity contribution < 1.29 is 13.7 Å². The van der Waals surface area contributed by atoms with Crippen molar-refractivity contribution in [3.8, 4) is 11.4 Å². The standard InChI is InChI=1S/C19H17FN4O2/c1-12-10-24(19(25)13-4-2-6-15(20)8-13)11-16(12)18-22-17(23-26-18)14-5-3-7-21-9-14/h2-9,12,16H,10-11H2,1H3. The topological polar surface area (TPSA) is 72.1 Å². The molecule has 1 fully saturated rings. The average Bonchev–Trinajstić information content (AvgIpc) is 3.28. The van der Waals surface area contributed by atoms with Crippen LogP contribution in [-0.4, -0.2) is 39.0 Å². The van der Waals surface area contributed by atoms with Crippen molar-refractivity contribution in [2.75, 3.05) is 13.1 Å². The van der Waals surface area contributed by atoms with E-state index in [1.807, 2.05) is 19.1 Å². The fourth-order valence-electron chi connectivity index (χ4n) is 3.26. The minimum absolute atomic E-state index is 0.0505. The third kappa shape index (κ3) is 3.08. The number of halogens is 1. The summed E-state index contributed by atoms with van der Waals surface area (Å²) >= 11 is 0. The van der Waals surface area contributed by atoms with Crippen LogP contribution in [0.1, 0.15) is 29.1 Å². The molecule has 0 N–H and O–H groups in total. The molecule has 132 valence electrons. The molecule has 0 bridgehead atoms. The molecule has 3 heterocycles. The van der Waals surface area contributed by atoms with E-state index >= 15 is 0 Å². The number of carbonyl (C=O) groups excluding carboxylic acids is 1. The first-order chi connectivity index (χ1) is 12.6. The second-order valence-corrected chi connectivity index (χ2v) is 6.50. The van der Waals surface area contributed by atoms with Gasteiger partial charge in [0.1, 0.15) is 5.82 Å². The lowest BCUT2D eigenvalue weighted by molar-refractivity contribution is 0.0785. The second-order valence-electron chi connectivity index (χ2n) is 6.50. The van der Waals surface area contributed by atoms with Gasteiger partial charge in [0.2, 0.25) is 11.7 Å². The van der Waals surface area contributed by atoms with E-state index in [0.717, 1.165) is 5.56 Å². The fourth-order valence-corrected chi connectivity index (χ4v) is 3.26. The van der Waals surface area contributed by atoms with Crippen molar-refractivity contribution in [2.45, 2.75) is 12.8 Å². The molecule has 0 saturated carbocycles. The molecule has 1 aliphatic rings. The molecule has 0 spiro atoms. The number of hydrogen-bond acceptors (Lipinski definition) is 5. The van der Waals surface area contributed by atoms with E-state index in [0.29, 0.717) is 30.4 Å². The number of aromatic nitrogens is 3. The molecular weight excluding hydrogens is 335 g/mol.